The zero-order chi connectivity index (χ0) is 20.2. The number of hydrogen-bond acceptors (Lipinski definition) is 5. The highest BCUT2D eigenvalue weighted by Gasteiger charge is 2.35. The van der Waals surface area contributed by atoms with Crippen molar-refractivity contribution in [2.24, 2.45) is 0 Å². The second kappa shape index (κ2) is 8.88. The molecule has 2 atom stereocenters. The largest absolute Gasteiger partial charge is 0.395 e. The monoisotopic (exact) mass is 393 g/mol. The van der Waals surface area contributed by atoms with Crippen molar-refractivity contribution in [1.29, 1.82) is 0 Å². The molecule has 1 aliphatic heterocycles. The normalized spacial score (nSPS) is 18.0. The number of rotatable bonds is 7. The van der Waals surface area contributed by atoms with Gasteiger partial charge in [-0.1, -0.05) is 48.5 Å². The number of aliphatic hydroxyl groups excluding tert-OH is 2. The zero-order valence-electron chi connectivity index (χ0n) is 16.4. The number of ketones is 1. The van der Waals surface area contributed by atoms with Gasteiger partial charge >= 0.3 is 0 Å². The van der Waals surface area contributed by atoms with Gasteiger partial charge in [0.25, 0.3) is 0 Å². The molecule has 3 N–H and O–H groups in total. The van der Waals surface area contributed by atoms with Gasteiger partial charge in [0.2, 0.25) is 0 Å². The van der Waals surface area contributed by atoms with Crippen molar-refractivity contribution in [2.45, 2.75) is 12.1 Å². The van der Waals surface area contributed by atoms with E-state index in [2.05, 4.69) is 14.8 Å². The molecule has 0 spiro atoms. The number of Topliss-reactive ketones (excluding diaryl/α,β-unsaturated/α-hetero) is 1. The molecule has 29 heavy (non-hydrogen) atoms. The first-order valence-electron chi connectivity index (χ1n) is 10.1. The van der Waals surface area contributed by atoms with E-state index < -0.39 is 12.1 Å². The first kappa shape index (κ1) is 19.8. The van der Waals surface area contributed by atoms with Crippen LogP contribution in [0, 0.1) is 0 Å². The second-order valence-corrected chi connectivity index (χ2v) is 7.51. The molecule has 0 saturated carbocycles. The van der Waals surface area contributed by atoms with E-state index in [1.54, 1.807) is 6.20 Å². The van der Waals surface area contributed by atoms with Crippen LogP contribution in [0.4, 0.5) is 0 Å². The van der Waals surface area contributed by atoms with E-state index in [1.165, 1.54) is 0 Å². The van der Waals surface area contributed by atoms with Gasteiger partial charge in [0, 0.05) is 55.4 Å². The first-order chi connectivity index (χ1) is 14.2. The van der Waals surface area contributed by atoms with Crippen LogP contribution in [0.5, 0.6) is 0 Å². The number of piperazine rings is 1. The number of hydrogen-bond donors (Lipinski definition) is 3. The van der Waals surface area contributed by atoms with Gasteiger partial charge in [-0.2, -0.15) is 0 Å². The number of carbonyl (C=O) groups is 1. The fourth-order valence-corrected chi connectivity index (χ4v) is 4.23. The number of H-pyrrole nitrogens is 1. The Morgan fingerprint density at radius 2 is 1.69 bits per heavy atom. The van der Waals surface area contributed by atoms with Gasteiger partial charge in [-0.15, -0.1) is 0 Å². The maximum Gasteiger partial charge on any atom is 0.195 e. The summed E-state index contributed by atoms with van der Waals surface area (Å²) in [6.45, 7) is 3.87. The maximum absolute atomic E-state index is 13.3. The molecule has 1 fully saturated rings. The molecular formula is C23H27N3O3. The lowest BCUT2D eigenvalue weighted by Gasteiger charge is -2.40. The Kier molecular flexibility index (Phi) is 6.06. The highest BCUT2D eigenvalue weighted by atomic mass is 16.3. The van der Waals surface area contributed by atoms with E-state index in [4.69, 9.17) is 0 Å². The Labute approximate surface area is 170 Å². The highest BCUT2D eigenvalue weighted by Crippen LogP contribution is 2.29. The number of β-amino-alcohol motifs (C(OH)–C–C–N with tert-alkyl or cyclic N) is 1. The standard InChI is InChI=1S/C23H27N3O3/c27-15-14-25-10-12-26(13-11-25)21(17-6-2-1-3-7-17)23(29)22(28)19-16-24-20-9-5-4-8-18(19)20/h1-9,16,21,23-24,27,29H,10-15H2/t21-,23+/m1/s1. The van der Waals surface area contributed by atoms with Crippen molar-refractivity contribution in [2.75, 3.05) is 39.3 Å². The summed E-state index contributed by atoms with van der Waals surface area (Å²) in [6, 6.07) is 17.0. The average Bonchev–Trinajstić information content (AvgIpc) is 3.20. The molecule has 152 valence electrons. The molecule has 2 aromatic carbocycles. The fourth-order valence-electron chi connectivity index (χ4n) is 4.23. The average molecular weight is 393 g/mol. The van der Waals surface area contributed by atoms with Crippen molar-refractivity contribution in [3.63, 3.8) is 0 Å². The Balaban J connectivity index is 1.61. The summed E-state index contributed by atoms with van der Waals surface area (Å²) in [6.07, 6.45) is 0.526. The summed E-state index contributed by atoms with van der Waals surface area (Å²) in [5, 5.41) is 21.2. The van der Waals surface area contributed by atoms with Crippen molar-refractivity contribution < 1.29 is 15.0 Å². The van der Waals surface area contributed by atoms with Crippen LogP contribution in [0.3, 0.4) is 0 Å². The number of aromatic nitrogens is 1. The minimum atomic E-state index is -1.17. The Bertz CT molecular complexity index is 948. The highest BCUT2D eigenvalue weighted by molar-refractivity contribution is 6.10. The summed E-state index contributed by atoms with van der Waals surface area (Å²) in [7, 11) is 0. The van der Waals surface area contributed by atoms with E-state index in [0.29, 0.717) is 12.1 Å². The SMILES string of the molecule is O=C(c1c[nH]c2ccccc12)[C@@H](O)[C@@H](c1ccccc1)N1CCN(CCO)CC1. The number of para-hydroxylation sites is 1. The summed E-state index contributed by atoms with van der Waals surface area (Å²) >= 11 is 0. The maximum atomic E-state index is 13.3. The molecule has 2 heterocycles. The summed E-state index contributed by atoms with van der Waals surface area (Å²) < 4.78 is 0. The topological polar surface area (TPSA) is 79.8 Å². The third-order valence-corrected chi connectivity index (χ3v) is 5.78. The van der Waals surface area contributed by atoms with E-state index in [9.17, 15) is 15.0 Å². The lowest BCUT2D eigenvalue weighted by atomic mass is 9.93. The van der Waals surface area contributed by atoms with Crippen molar-refractivity contribution in [1.82, 2.24) is 14.8 Å². The number of benzene rings is 2. The number of aromatic amines is 1. The van der Waals surface area contributed by atoms with Crippen LogP contribution in [0.1, 0.15) is 22.0 Å². The third-order valence-electron chi connectivity index (χ3n) is 5.78. The summed E-state index contributed by atoms with van der Waals surface area (Å²) in [4.78, 5) is 20.8. The van der Waals surface area contributed by atoms with Crippen LogP contribution in [0.15, 0.2) is 60.8 Å². The first-order valence-corrected chi connectivity index (χ1v) is 10.1. The quantitative estimate of drug-likeness (QED) is 0.536. The Morgan fingerprint density at radius 3 is 2.41 bits per heavy atom. The van der Waals surface area contributed by atoms with E-state index in [-0.39, 0.29) is 12.4 Å². The number of fused-ring (bicyclic) bond motifs is 1. The molecule has 0 radical (unpaired) electrons. The lowest BCUT2D eigenvalue weighted by Crippen LogP contribution is -2.51. The van der Waals surface area contributed by atoms with Crippen LogP contribution in [-0.4, -0.2) is 76.2 Å². The van der Waals surface area contributed by atoms with Crippen molar-refractivity contribution in [3.8, 4) is 0 Å². The molecule has 6 nitrogen and oxygen atoms in total. The van der Waals surface area contributed by atoms with Crippen LogP contribution in [0.2, 0.25) is 0 Å². The van der Waals surface area contributed by atoms with Gasteiger partial charge in [0.1, 0.15) is 6.10 Å². The van der Waals surface area contributed by atoms with Crippen molar-refractivity contribution >= 4 is 16.7 Å². The van der Waals surface area contributed by atoms with Gasteiger partial charge in [0.05, 0.1) is 12.6 Å². The van der Waals surface area contributed by atoms with E-state index in [1.807, 2.05) is 54.6 Å². The molecule has 1 saturated heterocycles. The summed E-state index contributed by atoms with van der Waals surface area (Å²) in [5.74, 6) is -0.269. The second-order valence-electron chi connectivity index (χ2n) is 7.51. The smallest absolute Gasteiger partial charge is 0.195 e. The van der Waals surface area contributed by atoms with Crippen LogP contribution < -0.4 is 0 Å². The number of carbonyl (C=O) groups excluding carboxylic acids is 1. The van der Waals surface area contributed by atoms with Gasteiger partial charge < -0.3 is 15.2 Å². The van der Waals surface area contributed by atoms with Crippen LogP contribution >= 0.6 is 0 Å². The van der Waals surface area contributed by atoms with Crippen molar-refractivity contribution in [3.05, 3.63) is 71.9 Å². The third kappa shape index (κ3) is 4.11. The van der Waals surface area contributed by atoms with Gasteiger partial charge in [-0.3, -0.25) is 14.6 Å². The minimum absolute atomic E-state index is 0.143. The van der Waals surface area contributed by atoms with Gasteiger partial charge in [-0.25, -0.2) is 0 Å². The molecule has 1 aromatic heterocycles. The Morgan fingerprint density at radius 1 is 1.00 bits per heavy atom. The fraction of sp³-hybridized carbons (Fsp3) is 0.348. The number of nitrogens with one attached hydrogen (secondary N) is 1. The molecule has 6 heteroatoms. The molecule has 0 bridgehead atoms. The van der Waals surface area contributed by atoms with Gasteiger partial charge in [-0.05, 0) is 11.6 Å². The minimum Gasteiger partial charge on any atom is -0.395 e. The lowest BCUT2D eigenvalue weighted by molar-refractivity contribution is 0.0168. The molecule has 4 rings (SSSR count). The predicted molar refractivity (Wildman–Crippen MR) is 113 cm³/mol. The van der Waals surface area contributed by atoms with E-state index >= 15 is 0 Å². The molecular weight excluding hydrogens is 366 g/mol. The molecule has 0 unspecified atom stereocenters. The molecule has 1 aliphatic rings. The summed E-state index contributed by atoms with van der Waals surface area (Å²) in [5.41, 5.74) is 2.34. The van der Waals surface area contributed by atoms with Gasteiger partial charge in [0.15, 0.2) is 5.78 Å². The molecule has 0 aliphatic carbocycles. The number of nitrogens with zero attached hydrogens (tertiary/aromatic N) is 2. The Hall–Kier alpha value is -2.51. The number of aliphatic hydroxyl groups is 2. The van der Waals surface area contributed by atoms with E-state index in [0.717, 1.165) is 42.6 Å². The van der Waals surface area contributed by atoms with Crippen LogP contribution in [0.25, 0.3) is 10.9 Å². The molecule has 0 amide bonds. The molecule has 3 aromatic rings. The zero-order valence-corrected chi connectivity index (χ0v) is 16.4. The predicted octanol–water partition coefficient (Wildman–Crippen LogP) is 2.06. The van der Waals surface area contributed by atoms with Crippen LogP contribution in [-0.2, 0) is 0 Å².